The van der Waals surface area contributed by atoms with E-state index < -0.39 is 6.55 Å². The Morgan fingerprint density at radius 2 is 2.04 bits per heavy atom. The topological polar surface area (TPSA) is 50.2 Å². The normalized spacial score (nSPS) is 16.2. The Balaban J connectivity index is 0.00000264. The van der Waals surface area contributed by atoms with Gasteiger partial charge in [0.1, 0.15) is 5.82 Å². The first kappa shape index (κ1) is 23.1. The van der Waals surface area contributed by atoms with Gasteiger partial charge in [-0.3, -0.25) is 9.36 Å². The number of alkyl halides is 2. The van der Waals surface area contributed by atoms with Crippen molar-refractivity contribution in [1.29, 1.82) is 0 Å². The van der Waals surface area contributed by atoms with Gasteiger partial charge in [0.25, 0.3) is 0 Å². The maximum Gasteiger partial charge on any atom is 0.319 e. The predicted octanol–water partition coefficient (Wildman–Crippen LogP) is 3.11. The fourth-order valence-electron chi connectivity index (χ4n) is 2.96. The van der Waals surface area contributed by atoms with Crippen LogP contribution in [0.15, 0.2) is 12.4 Å². The molecule has 0 aliphatic carbocycles. The van der Waals surface area contributed by atoms with E-state index in [1.54, 1.807) is 7.05 Å². The van der Waals surface area contributed by atoms with Crippen LogP contribution in [0.25, 0.3) is 0 Å². The standard InChI is InChI=1S/C15H24F2N4O.2ClH/c1-11(12-3-5-18-6-4-12)9-14(22)20(2)10-13-19-7-8-21(13)15(16)17;;/h7-8,11-12,15,18H,3-6,9-10H2,1-2H3;2*1H. The van der Waals surface area contributed by atoms with Crippen molar-refractivity contribution >= 4 is 30.7 Å². The Morgan fingerprint density at radius 3 is 2.62 bits per heavy atom. The fourth-order valence-corrected chi connectivity index (χ4v) is 2.96. The highest BCUT2D eigenvalue weighted by Gasteiger charge is 2.24. The monoisotopic (exact) mass is 386 g/mol. The second kappa shape index (κ2) is 10.8. The van der Waals surface area contributed by atoms with E-state index in [1.165, 1.54) is 17.3 Å². The molecule has 2 rings (SSSR count). The van der Waals surface area contributed by atoms with Gasteiger partial charge in [-0.25, -0.2) is 4.98 Å². The average molecular weight is 387 g/mol. The Labute approximate surface area is 154 Å². The molecule has 1 aliphatic rings. The summed E-state index contributed by atoms with van der Waals surface area (Å²) in [5, 5.41) is 3.31. The number of hydrogen-bond donors (Lipinski definition) is 1. The lowest BCUT2D eigenvalue weighted by Gasteiger charge is -2.29. The highest BCUT2D eigenvalue weighted by Crippen LogP contribution is 2.25. The third kappa shape index (κ3) is 6.18. The Hall–Kier alpha value is -0.920. The molecule has 1 aromatic heterocycles. The van der Waals surface area contributed by atoms with Gasteiger partial charge in [0.15, 0.2) is 0 Å². The van der Waals surface area contributed by atoms with Crippen LogP contribution in [0.3, 0.4) is 0 Å². The summed E-state index contributed by atoms with van der Waals surface area (Å²) in [6.45, 7) is 1.59. The van der Waals surface area contributed by atoms with Gasteiger partial charge >= 0.3 is 6.55 Å². The maximum atomic E-state index is 12.8. The van der Waals surface area contributed by atoms with E-state index in [9.17, 15) is 13.6 Å². The van der Waals surface area contributed by atoms with E-state index in [1.807, 2.05) is 0 Å². The molecule has 5 nitrogen and oxygen atoms in total. The zero-order valence-electron chi connectivity index (χ0n) is 14.0. The van der Waals surface area contributed by atoms with Gasteiger partial charge < -0.3 is 10.2 Å². The summed E-state index contributed by atoms with van der Waals surface area (Å²) in [6, 6.07) is 0. The molecule has 1 atom stereocenters. The first-order valence-corrected chi connectivity index (χ1v) is 7.73. The Morgan fingerprint density at radius 1 is 1.42 bits per heavy atom. The second-order valence-corrected chi connectivity index (χ2v) is 6.05. The van der Waals surface area contributed by atoms with Gasteiger partial charge in [-0.2, -0.15) is 8.78 Å². The van der Waals surface area contributed by atoms with Crippen molar-refractivity contribution in [3.63, 3.8) is 0 Å². The quantitative estimate of drug-likeness (QED) is 0.816. The minimum Gasteiger partial charge on any atom is -0.338 e. The molecule has 0 spiro atoms. The van der Waals surface area contributed by atoms with E-state index >= 15 is 0 Å². The number of piperidine rings is 1. The molecule has 1 amide bonds. The summed E-state index contributed by atoms with van der Waals surface area (Å²) < 4.78 is 26.3. The van der Waals surface area contributed by atoms with Crippen LogP contribution in [0.4, 0.5) is 8.78 Å². The number of carbonyl (C=O) groups is 1. The van der Waals surface area contributed by atoms with Crippen molar-refractivity contribution in [2.24, 2.45) is 11.8 Å². The minimum atomic E-state index is -2.63. The Bertz CT molecular complexity index is 496. The van der Waals surface area contributed by atoms with Crippen LogP contribution in [-0.4, -0.2) is 40.5 Å². The van der Waals surface area contributed by atoms with Crippen LogP contribution in [0.2, 0.25) is 0 Å². The third-order valence-electron chi connectivity index (χ3n) is 4.45. The molecule has 1 aliphatic heterocycles. The van der Waals surface area contributed by atoms with Gasteiger partial charge in [0.05, 0.1) is 6.54 Å². The van der Waals surface area contributed by atoms with Gasteiger partial charge in [-0.1, -0.05) is 6.92 Å². The highest BCUT2D eigenvalue weighted by molar-refractivity contribution is 5.85. The molecule has 140 valence electrons. The molecule has 2 heterocycles. The number of hydrogen-bond acceptors (Lipinski definition) is 3. The summed E-state index contributed by atoms with van der Waals surface area (Å²) in [5.41, 5.74) is 0. The van der Waals surface area contributed by atoms with Crippen molar-refractivity contribution in [3.8, 4) is 0 Å². The molecule has 1 N–H and O–H groups in total. The van der Waals surface area contributed by atoms with Gasteiger partial charge in [-0.15, -0.1) is 24.8 Å². The van der Waals surface area contributed by atoms with Crippen molar-refractivity contribution in [1.82, 2.24) is 19.8 Å². The number of carbonyl (C=O) groups excluding carboxylic acids is 1. The molecule has 0 saturated carbocycles. The van der Waals surface area contributed by atoms with Crippen LogP contribution in [-0.2, 0) is 11.3 Å². The van der Waals surface area contributed by atoms with Gasteiger partial charge in [0.2, 0.25) is 5.91 Å². The molecule has 0 aromatic carbocycles. The molecular weight excluding hydrogens is 361 g/mol. The van der Waals surface area contributed by atoms with Crippen LogP contribution in [0.5, 0.6) is 0 Å². The summed E-state index contributed by atoms with van der Waals surface area (Å²) >= 11 is 0. The number of aromatic nitrogens is 2. The SMILES string of the molecule is CC(CC(=O)N(C)Cc1nccn1C(F)F)C1CCNCC1.Cl.Cl. The first-order chi connectivity index (χ1) is 10.5. The van der Waals surface area contributed by atoms with E-state index in [0.717, 1.165) is 30.5 Å². The van der Waals surface area contributed by atoms with Gasteiger partial charge in [-0.05, 0) is 37.8 Å². The largest absolute Gasteiger partial charge is 0.338 e. The van der Waals surface area contributed by atoms with Crippen LogP contribution >= 0.6 is 24.8 Å². The maximum absolute atomic E-state index is 12.8. The van der Waals surface area contributed by atoms with Crippen LogP contribution in [0.1, 0.15) is 38.6 Å². The third-order valence-corrected chi connectivity index (χ3v) is 4.45. The molecular formula is C15H26Cl2F2N4O. The summed E-state index contributed by atoms with van der Waals surface area (Å²) in [5.74, 6) is 1.06. The molecule has 9 heteroatoms. The molecule has 1 aromatic rings. The number of nitrogens with zero attached hydrogens (tertiary/aromatic N) is 3. The summed E-state index contributed by atoms with van der Waals surface area (Å²) in [6.07, 6.45) is 5.20. The zero-order valence-corrected chi connectivity index (χ0v) is 15.6. The predicted molar refractivity (Wildman–Crippen MR) is 93.8 cm³/mol. The minimum absolute atomic E-state index is 0. The molecule has 1 fully saturated rings. The van der Waals surface area contributed by atoms with E-state index in [2.05, 4.69) is 17.2 Å². The van der Waals surface area contributed by atoms with E-state index in [4.69, 9.17) is 0 Å². The lowest BCUT2D eigenvalue weighted by atomic mass is 9.84. The number of halogens is 4. The molecule has 24 heavy (non-hydrogen) atoms. The van der Waals surface area contributed by atoms with Crippen molar-refractivity contribution < 1.29 is 13.6 Å². The summed E-state index contributed by atoms with van der Waals surface area (Å²) in [4.78, 5) is 17.7. The van der Waals surface area contributed by atoms with Crippen LogP contribution < -0.4 is 5.32 Å². The van der Waals surface area contributed by atoms with Gasteiger partial charge in [0, 0.05) is 25.9 Å². The smallest absolute Gasteiger partial charge is 0.319 e. The van der Waals surface area contributed by atoms with E-state index in [0.29, 0.717) is 18.3 Å². The van der Waals surface area contributed by atoms with E-state index in [-0.39, 0.29) is 43.1 Å². The zero-order chi connectivity index (χ0) is 16.1. The lowest BCUT2D eigenvalue weighted by Crippen LogP contribution is -2.34. The van der Waals surface area contributed by atoms with Crippen LogP contribution in [0, 0.1) is 11.8 Å². The number of nitrogens with one attached hydrogen (secondary N) is 1. The average Bonchev–Trinajstić information content (AvgIpc) is 2.96. The number of imidazole rings is 1. The molecule has 0 radical (unpaired) electrons. The van der Waals surface area contributed by atoms with Crippen molar-refractivity contribution in [2.75, 3.05) is 20.1 Å². The number of amides is 1. The Kier molecular flexibility index (Phi) is 10.4. The number of rotatable bonds is 6. The molecule has 0 bridgehead atoms. The molecule has 1 saturated heterocycles. The first-order valence-electron chi connectivity index (χ1n) is 7.73. The lowest BCUT2D eigenvalue weighted by molar-refractivity contribution is -0.132. The molecule has 1 unspecified atom stereocenters. The summed E-state index contributed by atoms with van der Waals surface area (Å²) in [7, 11) is 1.64. The van der Waals surface area contributed by atoms with Crippen molar-refractivity contribution in [2.45, 2.75) is 39.3 Å². The van der Waals surface area contributed by atoms with Crippen molar-refractivity contribution in [3.05, 3.63) is 18.2 Å². The second-order valence-electron chi connectivity index (χ2n) is 6.05. The highest BCUT2D eigenvalue weighted by atomic mass is 35.5. The fraction of sp³-hybridized carbons (Fsp3) is 0.733.